The van der Waals surface area contributed by atoms with Crippen LogP contribution in [0.15, 0.2) is 24.3 Å². The lowest BCUT2D eigenvalue weighted by molar-refractivity contribution is -0.148. The van der Waals surface area contributed by atoms with Gasteiger partial charge >= 0.3 is 0 Å². The molecule has 5 nitrogen and oxygen atoms in total. The summed E-state index contributed by atoms with van der Waals surface area (Å²) in [6.45, 7) is 2.48. The maximum atomic E-state index is 12.8. The van der Waals surface area contributed by atoms with Gasteiger partial charge in [-0.1, -0.05) is 12.1 Å². The van der Waals surface area contributed by atoms with E-state index in [1.807, 2.05) is 24.3 Å². The maximum absolute atomic E-state index is 12.8. The Morgan fingerprint density at radius 1 is 1.27 bits per heavy atom. The number of likely N-dealkylation sites (tertiary alicyclic amines) is 1. The molecule has 0 aliphatic carbocycles. The molecule has 3 fully saturated rings. The number of piperidine rings is 3. The van der Waals surface area contributed by atoms with Crippen LogP contribution in [-0.4, -0.2) is 54.4 Å². The highest BCUT2D eigenvalue weighted by Gasteiger charge is 2.44. The average molecular weight is 356 g/mol. The summed E-state index contributed by atoms with van der Waals surface area (Å²) in [6, 6.07) is 8.31. The lowest BCUT2D eigenvalue weighted by Crippen LogP contribution is -2.61. The molecule has 4 rings (SSSR count). The third kappa shape index (κ3) is 3.44. The fourth-order valence-corrected chi connectivity index (χ4v) is 5.05. The summed E-state index contributed by atoms with van der Waals surface area (Å²) in [7, 11) is 1.66. The fourth-order valence-electron chi connectivity index (χ4n) is 5.05. The zero-order valence-electron chi connectivity index (χ0n) is 15.5. The first kappa shape index (κ1) is 17.4. The van der Waals surface area contributed by atoms with Crippen LogP contribution in [-0.2, 0) is 16.0 Å². The summed E-state index contributed by atoms with van der Waals surface area (Å²) in [4.78, 5) is 29.2. The molecule has 1 aromatic carbocycles. The fraction of sp³-hybridized carbons (Fsp3) is 0.619. The van der Waals surface area contributed by atoms with Crippen molar-refractivity contribution in [1.29, 1.82) is 0 Å². The third-order valence-corrected chi connectivity index (χ3v) is 6.29. The van der Waals surface area contributed by atoms with Crippen LogP contribution in [0.25, 0.3) is 0 Å². The number of hydrogen-bond acceptors (Lipinski definition) is 3. The van der Waals surface area contributed by atoms with E-state index < -0.39 is 0 Å². The number of benzene rings is 1. The molecule has 3 atom stereocenters. The minimum atomic E-state index is 0.248. The molecule has 3 aliphatic heterocycles. The Balaban J connectivity index is 1.37. The van der Waals surface area contributed by atoms with Crippen LogP contribution in [0, 0.1) is 11.8 Å². The molecule has 5 heteroatoms. The number of carbonyl (C=O) groups is 2. The molecule has 0 N–H and O–H groups in total. The van der Waals surface area contributed by atoms with E-state index in [0.29, 0.717) is 36.6 Å². The number of fused-ring (bicyclic) bond motifs is 4. The van der Waals surface area contributed by atoms with Gasteiger partial charge in [-0.2, -0.15) is 0 Å². The Hall–Kier alpha value is -2.04. The number of rotatable bonds is 4. The highest BCUT2D eigenvalue weighted by atomic mass is 16.5. The van der Waals surface area contributed by atoms with Crippen molar-refractivity contribution in [3.63, 3.8) is 0 Å². The minimum absolute atomic E-state index is 0.248. The van der Waals surface area contributed by atoms with Crippen LogP contribution in [0.4, 0.5) is 0 Å². The van der Waals surface area contributed by atoms with E-state index in [-0.39, 0.29) is 5.91 Å². The SMILES string of the molecule is COc1cccc(CCC(=O)N2C[C@H]3C[C@H](C2)[C@H]2CCCC(=O)N2C3)c1. The van der Waals surface area contributed by atoms with Gasteiger partial charge in [-0.3, -0.25) is 9.59 Å². The largest absolute Gasteiger partial charge is 0.497 e. The summed E-state index contributed by atoms with van der Waals surface area (Å²) < 4.78 is 5.26. The zero-order chi connectivity index (χ0) is 18.1. The summed E-state index contributed by atoms with van der Waals surface area (Å²) in [5, 5.41) is 0. The van der Waals surface area contributed by atoms with E-state index in [1.165, 1.54) is 6.42 Å². The second-order valence-corrected chi connectivity index (χ2v) is 8.02. The van der Waals surface area contributed by atoms with E-state index in [1.54, 1.807) is 7.11 Å². The maximum Gasteiger partial charge on any atom is 0.222 e. The Labute approximate surface area is 155 Å². The van der Waals surface area contributed by atoms with Crippen molar-refractivity contribution in [2.75, 3.05) is 26.7 Å². The van der Waals surface area contributed by atoms with Gasteiger partial charge < -0.3 is 14.5 Å². The lowest BCUT2D eigenvalue weighted by Gasteiger charge is -2.52. The third-order valence-electron chi connectivity index (χ3n) is 6.29. The molecule has 3 heterocycles. The number of ether oxygens (including phenoxy) is 1. The number of nitrogens with zero attached hydrogens (tertiary/aromatic N) is 2. The highest BCUT2D eigenvalue weighted by Crippen LogP contribution is 2.38. The van der Waals surface area contributed by atoms with Gasteiger partial charge in [0, 0.05) is 38.5 Å². The molecule has 0 radical (unpaired) electrons. The molecule has 3 aliphatic rings. The van der Waals surface area contributed by atoms with Gasteiger partial charge in [0.1, 0.15) is 5.75 Å². The van der Waals surface area contributed by atoms with Crippen LogP contribution in [0.1, 0.15) is 37.7 Å². The van der Waals surface area contributed by atoms with Gasteiger partial charge in [-0.05, 0) is 55.2 Å². The number of methoxy groups -OCH3 is 1. The Morgan fingerprint density at radius 2 is 2.15 bits per heavy atom. The quantitative estimate of drug-likeness (QED) is 0.833. The van der Waals surface area contributed by atoms with Crippen molar-refractivity contribution in [2.24, 2.45) is 11.8 Å². The molecule has 0 saturated carbocycles. The lowest BCUT2D eigenvalue weighted by atomic mass is 9.76. The minimum Gasteiger partial charge on any atom is -0.497 e. The van der Waals surface area contributed by atoms with Gasteiger partial charge in [0.15, 0.2) is 0 Å². The van der Waals surface area contributed by atoms with E-state index in [4.69, 9.17) is 4.74 Å². The molecule has 2 bridgehead atoms. The summed E-state index contributed by atoms with van der Waals surface area (Å²) >= 11 is 0. The van der Waals surface area contributed by atoms with Crippen molar-refractivity contribution in [2.45, 2.75) is 44.6 Å². The van der Waals surface area contributed by atoms with Gasteiger partial charge in [0.2, 0.25) is 11.8 Å². The molecular weight excluding hydrogens is 328 g/mol. The van der Waals surface area contributed by atoms with Gasteiger partial charge in [0.05, 0.1) is 7.11 Å². The van der Waals surface area contributed by atoms with Crippen molar-refractivity contribution in [1.82, 2.24) is 9.80 Å². The Bertz CT molecular complexity index is 690. The second-order valence-electron chi connectivity index (χ2n) is 8.02. The molecule has 0 aromatic heterocycles. The van der Waals surface area contributed by atoms with Crippen LogP contribution in [0.2, 0.25) is 0 Å². The molecule has 140 valence electrons. The first-order chi connectivity index (χ1) is 12.6. The van der Waals surface area contributed by atoms with E-state index in [2.05, 4.69) is 9.80 Å². The normalized spacial score (nSPS) is 27.9. The molecule has 1 aromatic rings. The van der Waals surface area contributed by atoms with Gasteiger partial charge in [-0.25, -0.2) is 0 Å². The standard InChI is InChI=1S/C21H28N2O3/c1-26-18-5-2-4-15(11-18)8-9-20(24)22-12-16-10-17(14-22)19-6-3-7-21(25)23(19)13-16/h2,4-5,11,16-17,19H,3,6-10,12-14H2,1H3/t16-,17-,19-/m1/s1. The Kier molecular flexibility index (Phi) is 4.88. The Morgan fingerprint density at radius 3 is 3.00 bits per heavy atom. The second kappa shape index (κ2) is 7.29. The van der Waals surface area contributed by atoms with E-state index in [0.717, 1.165) is 50.2 Å². The van der Waals surface area contributed by atoms with E-state index in [9.17, 15) is 9.59 Å². The first-order valence-corrected chi connectivity index (χ1v) is 9.84. The predicted molar refractivity (Wildman–Crippen MR) is 98.8 cm³/mol. The van der Waals surface area contributed by atoms with Crippen LogP contribution in [0.3, 0.4) is 0 Å². The molecule has 26 heavy (non-hydrogen) atoms. The number of carbonyl (C=O) groups excluding carboxylic acids is 2. The summed E-state index contributed by atoms with van der Waals surface area (Å²) in [5.41, 5.74) is 1.14. The van der Waals surface area contributed by atoms with Crippen molar-refractivity contribution in [3.05, 3.63) is 29.8 Å². The summed E-state index contributed by atoms with van der Waals surface area (Å²) in [5.74, 6) is 2.33. The average Bonchev–Trinajstić information content (AvgIpc) is 2.67. The highest BCUT2D eigenvalue weighted by molar-refractivity contribution is 5.78. The van der Waals surface area contributed by atoms with Crippen molar-refractivity contribution < 1.29 is 14.3 Å². The molecular formula is C21H28N2O3. The number of amides is 2. The van der Waals surface area contributed by atoms with Crippen LogP contribution < -0.4 is 4.74 Å². The van der Waals surface area contributed by atoms with Crippen molar-refractivity contribution in [3.8, 4) is 5.75 Å². The predicted octanol–water partition coefficient (Wildman–Crippen LogP) is 2.49. The number of aryl methyl sites for hydroxylation is 1. The number of hydrogen-bond donors (Lipinski definition) is 0. The van der Waals surface area contributed by atoms with Crippen molar-refractivity contribution >= 4 is 11.8 Å². The zero-order valence-corrected chi connectivity index (χ0v) is 15.5. The molecule has 2 amide bonds. The van der Waals surface area contributed by atoms with Gasteiger partial charge in [0.25, 0.3) is 0 Å². The van der Waals surface area contributed by atoms with E-state index >= 15 is 0 Å². The first-order valence-electron chi connectivity index (χ1n) is 9.84. The van der Waals surface area contributed by atoms with Crippen LogP contribution >= 0.6 is 0 Å². The topological polar surface area (TPSA) is 49.9 Å². The van der Waals surface area contributed by atoms with Crippen LogP contribution in [0.5, 0.6) is 5.75 Å². The molecule has 3 saturated heterocycles. The smallest absolute Gasteiger partial charge is 0.222 e. The molecule has 0 spiro atoms. The monoisotopic (exact) mass is 356 g/mol. The van der Waals surface area contributed by atoms with Gasteiger partial charge in [-0.15, -0.1) is 0 Å². The molecule has 0 unspecified atom stereocenters. The summed E-state index contributed by atoms with van der Waals surface area (Å²) in [6.07, 6.45) is 5.28.